The molecule has 3 aromatic rings. The van der Waals surface area contributed by atoms with E-state index < -0.39 is 34.4 Å². The molecule has 0 aliphatic heterocycles. The summed E-state index contributed by atoms with van der Waals surface area (Å²) in [5.41, 5.74) is -1.13. The molecular formula is C20H10Br2ClF3N2O4. The van der Waals surface area contributed by atoms with Gasteiger partial charge in [0.25, 0.3) is 11.8 Å². The van der Waals surface area contributed by atoms with E-state index in [1.54, 1.807) is 24.3 Å². The molecule has 0 aliphatic rings. The van der Waals surface area contributed by atoms with Crippen molar-refractivity contribution in [1.82, 2.24) is 4.98 Å². The maximum atomic E-state index is 12.9. The average Bonchev–Trinajstić information content (AvgIpc) is 3.33. The Morgan fingerprint density at radius 3 is 1.84 bits per heavy atom. The van der Waals surface area contributed by atoms with Crippen molar-refractivity contribution >= 4 is 73.2 Å². The molecule has 0 spiro atoms. The monoisotopic (exact) mass is 592 g/mol. The van der Waals surface area contributed by atoms with Crippen LogP contribution >= 0.6 is 43.5 Å². The fourth-order valence-electron chi connectivity index (χ4n) is 2.36. The topological polar surface area (TPSA) is 76.6 Å². The predicted molar refractivity (Wildman–Crippen MR) is 118 cm³/mol. The summed E-state index contributed by atoms with van der Waals surface area (Å²) in [6, 6.07) is 6.87. The van der Waals surface area contributed by atoms with E-state index in [9.17, 15) is 22.8 Å². The van der Waals surface area contributed by atoms with E-state index in [1.807, 2.05) is 0 Å². The first kappa shape index (κ1) is 24.0. The number of halogens is 6. The zero-order valence-electron chi connectivity index (χ0n) is 15.6. The van der Waals surface area contributed by atoms with Crippen LogP contribution in [0.25, 0.3) is 12.2 Å². The molecule has 6 nitrogen and oxygen atoms in total. The Bertz CT molecular complexity index is 1160. The van der Waals surface area contributed by atoms with Gasteiger partial charge in [0.2, 0.25) is 0 Å². The van der Waals surface area contributed by atoms with Crippen molar-refractivity contribution in [1.29, 1.82) is 0 Å². The zero-order valence-corrected chi connectivity index (χ0v) is 19.5. The highest BCUT2D eigenvalue weighted by atomic mass is 79.9. The molecule has 0 aliphatic carbocycles. The van der Waals surface area contributed by atoms with Crippen LogP contribution in [0.4, 0.5) is 19.0 Å². The number of pyridine rings is 1. The minimum atomic E-state index is -4.70. The van der Waals surface area contributed by atoms with E-state index in [1.165, 1.54) is 12.2 Å². The Labute approximate surface area is 200 Å². The number of aromatic nitrogens is 1. The van der Waals surface area contributed by atoms with Crippen LogP contribution in [0.3, 0.4) is 0 Å². The van der Waals surface area contributed by atoms with Gasteiger partial charge in [0, 0.05) is 18.3 Å². The third-order valence-corrected chi connectivity index (χ3v) is 4.90. The normalized spacial score (nSPS) is 12.1. The average molecular weight is 595 g/mol. The van der Waals surface area contributed by atoms with Crippen molar-refractivity contribution in [2.75, 3.05) is 4.90 Å². The lowest BCUT2D eigenvalue weighted by atomic mass is 10.2. The van der Waals surface area contributed by atoms with Gasteiger partial charge in [0.1, 0.15) is 11.5 Å². The van der Waals surface area contributed by atoms with Gasteiger partial charge >= 0.3 is 6.18 Å². The smallest absolute Gasteiger partial charge is 0.417 e. The number of rotatable bonds is 5. The molecule has 0 N–H and O–H groups in total. The van der Waals surface area contributed by atoms with Crippen LogP contribution in [-0.2, 0) is 15.8 Å². The summed E-state index contributed by atoms with van der Waals surface area (Å²) in [5, 5.41) is -0.537. The van der Waals surface area contributed by atoms with E-state index in [0.717, 1.165) is 12.2 Å². The summed E-state index contributed by atoms with van der Waals surface area (Å²) < 4.78 is 50.1. The number of anilines is 1. The van der Waals surface area contributed by atoms with Gasteiger partial charge < -0.3 is 8.83 Å². The minimum Gasteiger partial charge on any atom is -0.450 e. The largest absolute Gasteiger partial charge is 0.450 e. The number of imide groups is 1. The maximum absolute atomic E-state index is 12.9. The van der Waals surface area contributed by atoms with Crippen molar-refractivity contribution < 1.29 is 31.6 Å². The number of carbonyl (C=O) groups excluding carboxylic acids is 2. The first-order chi connectivity index (χ1) is 15.0. The van der Waals surface area contributed by atoms with Gasteiger partial charge in [-0.05, 0) is 74.3 Å². The van der Waals surface area contributed by atoms with Crippen LogP contribution in [0.15, 0.2) is 66.9 Å². The molecule has 12 heteroatoms. The molecule has 0 fully saturated rings. The lowest BCUT2D eigenvalue weighted by Crippen LogP contribution is -2.35. The molecule has 0 unspecified atom stereocenters. The summed E-state index contributed by atoms with van der Waals surface area (Å²) in [4.78, 5) is 29.7. The second-order valence-corrected chi connectivity index (χ2v) is 7.96. The molecule has 0 bridgehead atoms. The summed E-state index contributed by atoms with van der Waals surface area (Å²) in [7, 11) is 0. The number of hydrogen-bond donors (Lipinski definition) is 0. The van der Waals surface area contributed by atoms with Crippen LogP contribution in [0.5, 0.6) is 0 Å². The lowest BCUT2D eigenvalue weighted by molar-refractivity contribution is -0.137. The van der Waals surface area contributed by atoms with E-state index in [-0.39, 0.29) is 0 Å². The highest BCUT2D eigenvalue weighted by Crippen LogP contribution is 2.34. The summed E-state index contributed by atoms with van der Waals surface area (Å²) >= 11 is 12.2. The Morgan fingerprint density at radius 1 is 0.969 bits per heavy atom. The molecule has 0 saturated heterocycles. The molecule has 0 radical (unpaired) electrons. The summed E-state index contributed by atoms with van der Waals surface area (Å²) in [6.45, 7) is 0. The Hall–Kier alpha value is -2.63. The molecule has 3 rings (SSSR count). The number of nitrogens with zero attached hydrogens (tertiary/aromatic N) is 2. The molecule has 3 heterocycles. The van der Waals surface area contributed by atoms with Crippen molar-refractivity contribution in [2.24, 2.45) is 0 Å². The number of alkyl halides is 3. The molecule has 0 aromatic carbocycles. The van der Waals surface area contributed by atoms with E-state index >= 15 is 0 Å². The van der Waals surface area contributed by atoms with Crippen molar-refractivity contribution in [2.45, 2.75) is 6.18 Å². The number of hydrogen-bond acceptors (Lipinski definition) is 5. The standard InChI is InChI=1S/C20H10Br2ClF3N2O4/c21-15-5-1-12(31-15)3-7-17(29)28(18(30)8-4-13-2-6-16(22)32-13)19-14(23)9-11(10-27-19)20(24,25)26/h1-10H/b7-3-,8-4+. The number of furan rings is 2. The van der Waals surface area contributed by atoms with Crippen LogP contribution < -0.4 is 4.90 Å². The molecular weight excluding hydrogens is 584 g/mol. The highest BCUT2D eigenvalue weighted by molar-refractivity contribution is 9.10. The quantitative estimate of drug-likeness (QED) is 0.306. The van der Waals surface area contributed by atoms with Crippen molar-refractivity contribution in [3.05, 3.63) is 80.1 Å². The first-order valence-corrected chi connectivity index (χ1v) is 10.5. The first-order valence-electron chi connectivity index (χ1n) is 8.52. The van der Waals surface area contributed by atoms with Crippen LogP contribution in [0.1, 0.15) is 17.1 Å². The maximum Gasteiger partial charge on any atom is 0.417 e. The van der Waals surface area contributed by atoms with Gasteiger partial charge in [-0.2, -0.15) is 13.2 Å². The van der Waals surface area contributed by atoms with E-state index in [4.69, 9.17) is 20.4 Å². The van der Waals surface area contributed by atoms with Gasteiger partial charge in [-0.3, -0.25) is 9.59 Å². The van der Waals surface area contributed by atoms with E-state index in [2.05, 4.69) is 36.8 Å². The minimum absolute atomic E-state index is 0.292. The second-order valence-electron chi connectivity index (χ2n) is 5.99. The van der Waals surface area contributed by atoms with Gasteiger partial charge in [0.05, 0.1) is 10.6 Å². The molecule has 0 saturated carbocycles. The van der Waals surface area contributed by atoms with Crippen LogP contribution in [0, 0.1) is 0 Å². The third kappa shape index (κ3) is 5.99. The van der Waals surface area contributed by atoms with Gasteiger partial charge in [0.15, 0.2) is 15.2 Å². The molecule has 3 aromatic heterocycles. The highest BCUT2D eigenvalue weighted by Gasteiger charge is 2.33. The molecule has 0 atom stereocenters. The second kappa shape index (κ2) is 9.88. The zero-order chi connectivity index (χ0) is 23.5. The Balaban J connectivity index is 1.96. The van der Waals surface area contributed by atoms with Crippen molar-refractivity contribution in [3.8, 4) is 0 Å². The van der Waals surface area contributed by atoms with Gasteiger partial charge in [-0.15, -0.1) is 0 Å². The number of amides is 2. The van der Waals surface area contributed by atoms with Crippen molar-refractivity contribution in [3.63, 3.8) is 0 Å². The summed E-state index contributed by atoms with van der Waals surface area (Å²) in [5.74, 6) is -1.71. The van der Waals surface area contributed by atoms with Crippen LogP contribution in [-0.4, -0.2) is 16.8 Å². The Kier molecular flexibility index (Phi) is 7.42. The molecule has 32 heavy (non-hydrogen) atoms. The fraction of sp³-hybridized carbons (Fsp3) is 0.0500. The molecule has 166 valence electrons. The Morgan fingerprint density at radius 2 is 1.47 bits per heavy atom. The third-order valence-electron chi connectivity index (χ3n) is 3.77. The van der Waals surface area contributed by atoms with Gasteiger partial charge in [-0.1, -0.05) is 11.6 Å². The van der Waals surface area contributed by atoms with Gasteiger partial charge in [-0.25, -0.2) is 9.88 Å². The summed E-state index contributed by atoms with van der Waals surface area (Å²) in [6.07, 6.45) is 0.326. The fourth-order valence-corrected chi connectivity index (χ4v) is 3.25. The predicted octanol–water partition coefficient (Wildman–Crippen LogP) is 6.75. The lowest BCUT2D eigenvalue weighted by Gasteiger charge is -2.18. The van der Waals surface area contributed by atoms with E-state index in [0.29, 0.717) is 38.0 Å². The van der Waals surface area contributed by atoms with Crippen LogP contribution in [0.2, 0.25) is 5.02 Å². The molecule has 2 amide bonds. The SMILES string of the molecule is O=C(/C=C\c1ccc(Br)o1)N(C(=O)/C=C/c1ccc(Br)o1)c1ncc(C(F)(F)F)cc1Cl. The number of carbonyl (C=O) groups is 2.